The topological polar surface area (TPSA) is 62.0 Å². The summed E-state index contributed by atoms with van der Waals surface area (Å²) in [6.45, 7) is 0. The van der Waals surface area contributed by atoms with Gasteiger partial charge in [-0.05, 0) is 42.2 Å². The van der Waals surface area contributed by atoms with Gasteiger partial charge in [0.2, 0.25) is 0 Å². The van der Waals surface area contributed by atoms with Crippen molar-refractivity contribution in [2.24, 2.45) is 11.8 Å². The maximum absolute atomic E-state index is 12.4. The van der Waals surface area contributed by atoms with E-state index in [1.165, 1.54) is 19.3 Å². The Hall–Kier alpha value is -2.10. The molecule has 1 amide bonds. The fourth-order valence-electron chi connectivity index (χ4n) is 4.28. The van der Waals surface area contributed by atoms with Crippen molar-refractivity contribution in [3.05, 3.63) is 46.4 Å². The van der Waals surface area contributed by atoms with Crippen molar-refractivity contribution >= 4 is 16.7 Å². The van der Waals surface area contributed by atoms with E-state index in [0.717, 1.165) is 30.1 Å². The molecule has 1 aromatic heterocycles. The number of fused-ring (bicyclic) bond motifs is 2. The van der Waals surface area contributed by atoms with E-state index in [1.54, 1.807) is 12.1 Å². The lowest BCUT2D eigenvalue weighted by atomic mass is 10.0. The second-order valence-corrected chi connectivity index (χ2v) is 6.69. The van der Waals surface area contributed by atoms with Crippen LogP contribution in [0.25, 0.3) is 10.8 Å². The minimum Gasteiger partial charge on any atom is -0.348 e. The highest BCUT2D eigenvalue weighted by atomic mass is 16.2. The number of hydrogen-bond acceptors (Lipinski definition) is 2. The summed E-state index contributed by atoms with van der Waals surface area (Å²) in [5, 5.41) is 4.53. The van der Waals surface area contributed by atoms with Gasteiger partial charge in [0, 0.05) is 11.4 Å². The average Bonchev–Trinajstić information content (AvgIpc) is 3.08. The summed E-state index contributed by atoms with van der Waals surface area (Å²) in [5.41, 5.74) is 0.160. The zero-order chi connectivity index (χ0) is 15.1. The number of aromatic nitrogens is 1. The Bertz CT molecular complexity index is 768. The number of H-pyrrole nitrogens is 1. The van der Waals surface area contributed by atoms with Crippen LogP contribution < -0.4 is 10.9 Å². The van der Waals surface area contributed by atoms with Gasteiger partial charge in [-0.3, -0.25) is 9.59 Å². The first kappa shape index (κ1) is 13.6. The predicted octanol–water partition coefficient (Wildman–Crippen LogP) is 2.84. The van der Waals surface area contributed by atoms with Crippen LogP contribution in [0.3, 0.4) is 0 Å². The lowest BCUT2D eigenvalue weighted by Gasteiger charge is -2.13. The zero-order valence-corrected chi connectivity index (χ0v) is 12.5. The SMILES string of the molecule is O=C(NC1CC2CCCC2C1)c1cc2ccccc2c(=O)[nH]1. The monoisotopic (exact) mass is 296 g/mol. The summed E-state index contributed by atoms with van der Waals surface area (Å²) in [5.74, 6) is 1.43. The van der Waals surface area contributed by atoms with Crippen molar-refractivity contribution in [1.29, 1.82) is 0 Å². The molecule has 4 heteroatoms. The Balaban J connectivity index is 1.54. The molecule has 0 radical (unpaired) electrons. The van der Waals surface area contributed by atoms with Crippen molar-refractivity contribution in [2.45, 2.75) is 38.1 Å². The van der Waals surface area contributed by atoms with Crippen LogP contribution in [0.1, 0.15) is 42.6 Å². The Morgan fingerprint density at radius 3 is 2.64 bits per heavy atom. The molecule has 1 heterocycles. The molecule has 0 bridgehead atoms. The molecular formula is C18H20N2O2. The number of pyridine rings is 1. The van der Waals surface area contributed by atoms with Gasteiger partial charge < -0.3 is 10.3 Å². The summed E-state index contributed by atoms with van der Waals surface area (Å²) in [7, 11) is 0. The van der Waals surface area contributed by atoms with Crippen LogP contribution >= 0.6 is 0 Å². The normalized spacial score (nSPS) is 27.0. The van der Waals surface area contributed by atoms with E-state index in [1.807, 2.05) is 18.2 Å². The van der Waals surface area contributed by atoms with Gasteiger partial charge in [-0.1, -0.05) is 37.5 Å². The highest BCUT2D eigenvalue weighted by Gasteiger charge is 2.37. The summed E-state index contributed by atoms with van der Waals surface area (Å²) < 4.78 is 0. The lowest BCUT2D eigenvalue weighted by molar-refractivity contribution is 0.0931. The van der Waals surface area contributed by atoms with Gasteiger partial charge in [0.1, 0.15) is 5.69 Å². The number of benzene rings is 1. The summed E-state index contributed by atoms with van der Waals surface area (Å²) in [6, 6.07) is 9.37. The number of carbonyl (C=O) groups is 1. The van der Waals surface area contributed by atoms with Crippen LogP contribution in [0.15, 0.2) is 35.1 Å². The van der Waals surface area contributed by atoms with Gasteiger partial charge in [-0.25, -0.2) is 0 Å². The largest absolute Gasteiger partial charge is 0.348 e. The first-order valence-electron chi connectivity index (χ1n) is 8.13. The Kier molecular flexibility index (Phi) is 3.25. The number of rotatable bonds is 2. The summed E-state index contributed by atoms with van der Waals surface area (Å²) in [4.78, 5) is 27.2. The Labute approximate surface area is 128 Å². The van der Waals surface area contributed by atoms with E-state index in [9.17, 15) is 9.59 Å². The van der Waals surface area contributed by atoms with Crippen LogP contribution in [-0.2, 0) is 0 Å². The number of amides is 1. The summed E-state index contributed by atoms with van der Waals surface area (Å²) >= 11 is 0. The average molecular weight is 296 g/mol. The van der Waals surface area contributed by atoms with E-state index in [-0.39, 0.29) is 17.5 Å². The van der Waals surface area contributed by atoms with Gasteiger partial charge in [0.05, 0.1) is 0 Å². The molecule has 0 saturated heterocycles. The second kappa shape index (κ2) is 5.27. The molecule has 0 aliphatic heterocycles. The number of nitrogens with one attached hydrogen (secondary N) is 2. The van der Waals surface area contributed by atoms with Crippen LogP contribution in [-0.4, -0.2) is 16.9 Å². The van der Waals surface area contributed by atoms with E-state index < -0.39 is 0 Å². The fraction of sp³-hybridized carbons (Fsp3) is 0.444. The molecule has 2 aliphatic carbocycles. The second-order valence-electron chi connectivity index (χ2n) is 6.69. The number of aromatic amines is 1. The minimum absolute atomic E-state index is 0.159. The van der Waals surface area contributed by atoms with Crippen molar-refractivity contribution in [3.63, 3.8) is 0 Å². The molecule has 1 aromatic carbocycles. The first-order chi connectivity index (χ1) is 10.7. The molecule has 22 heavy (non-hydrogen) atoms. The smallest absolute Gasteiger partial charge is 0.268 e. The molecule has 0 spiro atoms. The van der Waals surface area contributed by atoms with Crippen LogP contribution in [0.4, 0.5) is 0 Å². The van der Waals surface area contributed by atoms with E-state index in [0.29, 0.717) is 11.1 Å². The predicted molar refractivity (Wildman–Crippen MR) is 85.9 cm³/mol. The molecule has 2 saturated carbocycles. The number of carbonyl (C=O) groups excluding carboxylic acids is 1. The molecule has 4 rings (SSSR count). The molecule has 114 valence electrons. The van der Waals surface area contributed by atoms with E-state index in [2.05, 4.69) is 10.3 Å². The van der Waals surface area contributed by atoms with Crippen LogP contribution in [0.2, 0.25) is 0 Å². The van der Waals surface area contributed by atoms with Crippen molar-refractivity contribution in [3.8, 4) is 0 Å². The number of hydrogen-bond donors (Lipinski definition) is 2. The third-order valence-corrected chi connectivity index (χ3v) is 5.32. The maximum atomic E-state index is 12.4. The van der Waals surface area contributed by atoms with Crippen molar-refractivity contribution in [1.82, 2.24) is 10.3 Å². The van der Waals surface area contributed by atoms with E-state index in [4.69, 9.17) is 0 Å². The Morgan fingerprint density at radius 2 is 1.86 bits per heavy atom. The fourth-order valence-corrected chi connectivity index (χ4v) is 4.28. The molecule has 2 aromatic rings. The lowest BCUT2D eigenvalue weighted by Crippen LogP contribution is -2.34. The summed E-state index contributed by atoms with van der Waals surface area (Å²) in [6.07, 6.45) is 6.14. The zero-order valence-electron chi connectivity index (χ0n) is 12.5. The highest BCUT2D eigenvalue weighted by molar-refractivity contribution is 5.96. The molecule has 2 N–H and O–H groups in total. The third kappa shape index (κ3) is 2.32. The Morgan fingerprint density at radius 1 is 1.14 bits per heavy atom. The van der Waals surface area contributed by atoms with Gasteiger partial charge in [0.15, 0.2) is 0 Å². The maximum Gasteiger partial charge on any atom is 0.268 e. The van der Waals surface area contributed by atoms with Gasteiger partial charge in [-0.2, -0.15) is 0 Å². The van der Waals surface area contributed by atoms with Crippen LogP contribution in [0.5, 0.6) is 0 Å². The molecule has 2 aliphatic rings. The van der Waals surface area contributed by atoms with Crippen molar-refractivity contribution < 1.29 is 4.79 Å². The van der Waals surface area contributed by atoms with Crippen LogP contribution in [0, 0.1) is 11.8 Å². The molecule has 2 fully saturated rings. The van der Waals surface area contributed by atoms with E-state index >= 15 is 0 Å². The van der Waals surface area contributed by atoms with Gasteiger partial charge in [0.25, 0.3) is 11.5 Å². The third-order valence-electron chi connectivity index (χ3n) is 5.32. The highest BCUT2D eigenvalue weighted by Crippen LogP contribution is 2.43. The minimum atomic E-state index is -0.202. The van der Waals surface area contributed by atoms with Crippen molar-refractivity contribution in [2.75, 3.05) is 0 Å². The molecule has 2 unspecified atom stereocenters. The standard InChI is InChI=1S/C18H20N2O2/c21-17-15-7-2-1-4-13(15)10-16(20-17)18(22)19-14-8-11-5-3-6-12(11)9-14/h1-2,4,7,10-12,14H,3,5-6,8-9H2,(H,19,22)(H,20,21). The quantitative estimate of drug-likeness (QED) is 0.895. The van der Waals surface area contributed by atoms with Gasteiger partial charge >= 0.3 is 0 Å². The van der Waals surface area contributed by atoms with Gasteiger partial charge in [-0.15, -0.1) is 0 Å². The molecular weight excluding hydrogens is 276 g/mol. The first-order valence-corrected chi connectivity index (χ1v) is 8.13. The molecule has 2 atom stereocenters. The molecule has 4 nitrogen and oxygen atoms in total.